The number of urea groups is 1. The van der Waals surface area contributed by atoms with E-state index in [2.05, 4.69) is 66.5 Å². The Hall–Kier alpha value is -1.72. The van der Waals surface area contributed by atoms with Gasteiger partial charge >= 0.3 is 6.03 Å². The van der Waals surface area contributed by atoms with Gasteiger partial charge < -0.3 is 15.1 Å². The maximum atomic E-state index is 12.4. The summed E-state index contributed by atoms with van der Waals surface area (Å²) >= 11 is 1.80. The van der Waals surface area contributed by atoms with Crippen molar-refractivity contribution in [3.05, 3.63) is 42.5 Å². The average molecular weight is 360 g/mol. The van der Waals surface area contributed by atoms with Gasteiger partial charge in [0.05, 0.1) is 0 Å². The molecule has 0 saturated heterocycles. The van der Waals surface area contributed by atoms with Crippen molar-refractivity contribution in [1.82, 2.24) is 15.1 Å². The number of thioether (sulfide) groups is 1. The molecule has 0 spiro atoms. The zero-order chi connectivity index (χ0) is 18.2. The van der Waals surface area contributed by atoms with E-state index in [-0.39, 0.29) is 12.1 Å². The van der Waals surface area contributed by atoms with Gasteiger partial charge in [0.2, 0.25) is 0 Å². The number of benzene rings is 2. The maximum absolute atomic E-state index is 12.4. The van der Waals surface area contributed by atoms with E-state index in [4.69, 9.17) is 0 Å². The van der Waals surface area contributed by atoms with E-state index < -0.39 is 0 Å². The molecule has 2 rings (SSSR count). The van der Waals surface area contributed by atoms with Crippen molar-refractivity contribution in [2.45, 2.75) is 24.8 Å². The first-order chi connectivity index (χ1) is 12.0. The highest BCUT2D eigenvalue weighted by atomic mass is 32.2. The molecule has 0 aliphatic rings. The lowest BCUT2D eigenvalue weighted by Crippen LogP contribution is -2.46. The Morgan fingerprint density at radius 2 is 1.80 bits per heavy atom. The van der Waals surface area contributed by atoms with Gasteiger partial charge in [0.15, 0.2) is 0 Å². The van der Waals surface area contributed by atoms with Gasteiger partial charge in [-0.1, -0.05) is 30.3 Å². The molecule has 0 heterocycles. The predicted octanol–water partition coefficient (Wildman–Crippen LogP) is 3.91. The second-order valence-corrected chi connectivity index (χ2v) is 7.85. The molecule has 0 aliphatic carbocycles. The van der Waals surface area contributed by atoms with Crippen molar-refractivity contribution >= 4 is 28.6 Å². The fourth-order valence-electron chi connectivity index (χ4n) is 2.60. The van der Waals surface area contributed by atoms with Gasteiger partial charge in [-0.15, -0.1) is 11.8 Å². The highest BCUT2D eigenvalue weighted by Gasteiger charge is 2.16. The van der Waals surface area contributed by atoms with E-state index in [1.165, 1.54) is 15.7 Å². The van der Waals surface area contributed by atoms with Crippen LogP contribution in [0.5, 0.6) is 0 Å². The van der Waals surface area contributed by atoms with Gasteiger partial charge in [-0.3, -0.25) is 0 Å². The molecule has 25 heavy (non-hydrogen) atoms. The fraction of sp³-hybridized carbons (Fsp3) is 0.450. The Balaban J connectivity index is 1.86. The number of carbonyl (C=O) groups is 1. The van der Waals surface area contributed by atoms with E-state index >= 15 is 0 Å². The number of likely N-dealkylation sites (N-methyl/N-ethyl adjacent to an activating group) is 1. The number of hydrogen-bond acceptors (Lipinski definition) is 3. The van der Waals surface area contributed by atoms with Crippen molar-refractivity contribution in [1.29, 1.82) is 0 Å². The molecule has 0 bridgehead atoms. The number of rotatable bonds is 8. The zero-order valence-electron chi connectivity index (χ0n) is 15.7. The second-order valence-electron chi connectivity index (χ2n) is 6.68. The summed E-state index contributed by atoms with van der Waals surface area (Å²) in [4.78, 5) is 17.6. The summed E-state index contributed by atoms with van der Waals surface area (Å²) in [5.74, 6) is 0.887. The predicted molar refractivity (Wildman–Crippen MR) is 108 cm³/mol. The van der Waals surface area contributed by atoms with Gasteiger partial charge in [0.25, 0.3) is 0 Å². The molecule has 0 fully saturated rings. The van der Waals surface area contributed by atoms with Gasteiger partial charge in [0.1, 0.15) is 0 Å². The van der Waals surface area contributed by atoms with Crippen LogP contribution in [0.15, 0.2) is 47.4 Å². The normalized spacial score (nSPS) is 11.3. The molecular formula is C20H29N3OS. The van der Waals surface area contributed by atoms with Crippen LogP contribution in [0.4, 0.5) is 4.79 Å². The van der Waals surface area contributed by atoms with Gasteiger partial charge in [-0.25, -0.2) is 4.79 Å². The van der Waals surface area contributed by atoms with Crippen molar-refractivity contribution in [3.8, 4) is 0 Å². The molecule has 4 nitrogen and oxygen atoms in total. The Kier molecular flexibility index (Phi) is 7.59. The third-order valence-corrected chi connectivity index (χ3v) is 5.02. The van der Waals surface area contributed by atoms with Crippen LogP contribution in [0, 0.1) is 0 Å². The molecule has 0 saturated carbocycles. The molecule has 2 aromatic carbocycles. The lowest BCUT2D eigenvalue weighted by molar-refractivity contribution is 0.186. The van der Waals surface area contributed by atoms with Gasteiger partial charge in [0, 0.05) is 36.3 Å². The van der Waals surface area contributed by atoms with Crippen LogP contribution in [0.3, 0.4) is 0 Å². The molecule has 0 aliphatic heterocycles. The summed E-state index contributed by atoms with van der Waals surface area (Å²) in [7, 11) is 4.01. The third kappa shape index (κ3) is 6.25. The van der Waals surface area contributed by atoms with Crippen LogP contribution in [0.2, 0.25) is 0 Å². The summed E-state index contributed by atoms with van der Waals surface area (Å²) in [6.45, 7) is 6.39. The van der Waals surface area contributed by atoms with Crippen LogP contribution in [0.25, 0.3) is 10.8 Å². The standard InChI is InChI=1S/C20H29N3OS/c1-16(2)23(20(24)21-11-12-22(3)4)13-14-25-19-10-9-17-7-5-6-8-18(17)15-19/h5-10,15-16H,11-14H2,1-4H3,(H,21,24). The van der Waals surface area contributed by atoms with E-state index in [1.807, 2.05) is 19.0 Å². The Bertz CT molecular complexity index is 687. The van der Waals surface area contributed by atoms with E-state index in [1.54, 1.807) is 11.8 Å². The second kappa shape index (κ2) is 9.68. The minimum atomic E-state index is 0.0240. The number of amides is 2. The lowest BCUT2D eigenvalue weighted by atomic mass is 10.1. The van der Waals surface area contributed by atoms with Crippen molar-refractivity contribution in [2.75, 3.05) is 39.5 Å². The summed E-state index contributed by atoms with van der Waals surface area (Å²) < 4.78 is 0. The molecule has 0 aromatic heterocycles. The number of hydrogen-bond donors (Lipinski definition) is 1. The highest BCUT2D eigenvalue weighted by molar-refractivity contribution is 7.99. The van der Waals surface area contributed by atoms with E-state index in [9.17, 15) is 4.79 Å². The quantitative estimate of drug-likeness (QED) is 0.726. The third-order valence-electron chi connectivity index (χ3n) is 4.04. The Morgan fingerprint density at radius 3 is 2.48 bits per heavy atom. The molecule has 2 aromatic rings. The lowest BCUT2D eigenvalue weighted by Gasteiger charge is -2.27. The average Bonchev–Trinajstić information content (AvgIpc) is 2.57. The van der Waals surface area contributed by atoms with Crippen LogP contribution in [-0.2, 0) is 0 Å². The van der Waals surface area contributed by atoms with E-state index in [0.717, 1.165) is 18.8 Å². The first-order valence-corrected chi connectivity index (χ1v) is 9.76. The topological polar surface area (TPSA) is 35.6 Å². The number of nitrogens with zero attached hydrogens (tertiary/aromatic N) is 2. The number of fused-ring (bicyclic) bond motifs is 1. The van der Waals surface area contributed by atoms with Crippen LogP contribution in [0.1, 0.15) is 13.8 Å². The summed E-state index contributed by atoms with van der Waals surface area (Å²) in [5, 5.41) is 5.52. The molecule has 0 atom stereocenters. The fourth-order valence-corrected chi connectivity index (χ4v) is 3.50. The van der Waals surface area contributed by atoms with Gasteiger partial charge in [-0.2, -0.15) is 0 Å². The minimum Gasteiger partial charge on any atom is -0.337 e. The van der Waals surface area contributed by atoms with Crippen LogP contribution < -0.4 is 5.32 Å². The minimum absolute atomic E-state index is 0.0240. The van der Waals surface area contributed by atoms with Gasteiger partial charge in [-0.05, 0) is 50.8 Å². The number of carbonyl (C=O) groups excluding carboxylic acids is 1. The van der Waals surface area contributed by atoms with E-state index in [0.29, 0.717) is 6.54 Å². The SMILES string of the molecule is CC(C)N(CCSc1ccc2ccccc2c1)C(=O)NCCN(C)C. The molecular weight excluding hydrogens is 330 g/mol. The summed E-state index contributed by atoms with van der Waals surface area (Å²) in [6, 6.07) is 15.1. The van der Waals surface area contributed by atoms with Crippen LogP contribution in [-0.4, -0.2) is 61.4 Å². The Morgan fingerprint density at radius 1 is 1.08 bits per heavy atom. The zero-order valence-corrected chi connectivity index (χ0v) is 16.5. The summed E-state index contributed by atoms with van der Waals surface area (Å²) in [6.07, 6.45) is 0. The largest absolute Gasteiger partial charge is 0.337 e. The van der Waals surface area contributed by atoms with Crippen molar-refractivity contribution in [2.24, 2.45) is 0 Å². The molecule has 1 N–H and O–H groups in total. The Labute approximate surface area is 155 Å². The monoisotopic (exact) mass is 359 g/mol. The molecule has 0 unspecified atom stereocenters. The smallest absolute Gasteiger partial charge is 0.317 e. The van der Waals surface area contributed by atoms with Crippen molar-refractivity contribution < 1.29 is 4.79 Å². The molecule has 136 valence electrons. The highest BCUT2D eigenvalue weighted by Crippen LogP contribution is 2.23. The molecule has 0 radical (unpaired) electrons. The maximum Gasteiger partial charge on any atom is 0.317 e. The number of nitrogens with one attached hydrogen (secondary N) is 1. The van der Waals surface area contributed by atoms with Crippen LogP contribution >= 0.6 is 11.8 Å². The first kappa shape index (κ1) is 19.6. The molecule has 5 heteroatoms. The molecule has 2 amide bonds. The first-order valence-electron chi connectivity index (χ1n) is 8.78. The van der Waals surface area contributed by atoms with Crippen molar-refractivity contribution in [3.63, 3.8) is 0 Å². The summed E-state index contributed by atoms with van der Waals surface area (Å²) in [5.41, 5.74) is 0.